The van der Waals surface area contributed by atoms with Crippen LogP contribution in [0.15, 0.2) is 163 Å². The molecule has 7 nitrogen and oxygen atoms in total. The fourth-order valence-electron chi connectivity index (χ4n) is 6.25. The van der Waals surface area contributed by atoms with Gasteiger partial charge in [-0.15, -0.1) is 0 Å². The van der Waals surface area contributed by atoms with Crippen molar-refractivity contribution >= 4 is 21.9 Å². The van der Waals surface area contributed by atoms with E-state index in [0.29, 0.717) is 11.3 Å². The number of fused-ring (bicyclic) bond motifs is 3. The van der Waals surface area contributed by atoms with E-state index in [-0.39, 0.29) is 0 Å². The Kier molecular flexibility index (Phi) is 6.98. The molecule has 0 aliphatic carbocycles. The normalized spacial score (nSPS) is 11.3. The minimum absolute atomic E-state index is 0.659. The summed E-state index contributed by atoms with van der Waals surface area (Å²) < 4.78 is 6.79. The van der Waals surface area contributed by atoms with Crippen LogP contribution in [0.3, 0.4) is 0 Å². The monoisotopic (exact) mass is 630 g/mol. The maximum absolute atomic E-state index is 6.79. The van der Waals surface area contributed by atoms with Crippen molar-refractivity contribution in [2.24, 2.45) is 0 Å². The summed E-state index contributed by atoms with van der Waals surface area (Å²) in [6, 6.07) is 44.1. The minimum atomic E-state index is 0.659. The second kappa shape index (κ2) is 12.1. The summed E-state index contributed by atoms with van der Waals surface area (Å²) in [7, 11) is 0. The van der Waals surface area contributed by atoms with Gasteiger partial charge in [0.25, 0.3) is 0 Å². The van der Waals surface area contributed by atoms with Gasteiger partial charge in [0, 0.05) is 41.1 Å². The summed E-state index contributed by atoms with van der Waals surface area (Å²) in [5.74, 6) is 0.659. The first-order valence-electron chi connectivity index (χ1n) is 15.9. The van der Waals surface area contributed by atoms with E-state index in [2.05, 4.69) is 57.4 Å². The van der Waals surface area contributed by atoms with Gasteiger partial charge in [-0.2, -0.15) is 0 Å². The van der Waals surface area contributed by atoms with Crippen molar-refractivity contribution in [2.75, 3.05) is 0 Å². The van der Waals surface area contributed by atoms with Crippen LogP contribution in [0.1, 0.15) is 0 Å². The van der Waals surface area contributed by atoms with Gasteiger partial charge in [-0.05, 0) is 77.9 Å². The highest BCUT2D eigenvalue weighted by atomic mass is 16.3. The van der Waals surface area contributed by atoms with Gasteiger partial charge in [0.05, 0.1) is 39.5 Å². The van der Waals surface area contributed by atoms with Crippen LogP contribution in [0, 0.1) is 0 Å². The van der Waals surface area contributed by atoms with E-state index in [1.165, 1.54) is 0 Å². The Morgan fingerprint density at radius 2 is 0.939 bits per heavy atom. The zero-order valence-electron chi connectivity index (χ0n) is 26.1. The highest BCUT2D eigenvalue weighted by Crippen LogP contribution is 2.45. The zero-order valence-corrected chi connectivity index (χ0v) is 26.1. The van der Waals surface area contributed by atoms with Gasteiger partial charge in [-0.3, -0.25) is 19.9 Å². The Balaban J connectivity index is 1.23. The fourth-order valence-corrected chi connectivity index (χ4v) is 6.25. The summed E-state index contributed by atoms with van der Waals surface area (Å²) >= 11 is 0. The second-order valence-corrected chi connectivity index (χ2v) is 11.6. The summed E-state index contributed by atoms with van der Waals surface area (Å²) in [6.45, 7) is 0. The number of nitrogens with zero attached hydrogens (tertiary/aromatic N) is 6. The van der Waals surface area contributed by atoms with E-state index < -0.39 is 0 Å². The molecule has 0 fully saturated rings. The van der Waals surface area contributed by atoms with Crippen LogP contribution in [0.2, 0.25) is 0 Å². The van der Waals surface area contributed by atoms with E-state index in [0.717, 1.165) is 78.4 Å². The van der Waals surface area contributed by atoms with Crippen LogP contribution in [0.25, 0.3) is 89.7 Å². The standard InChI is InChI=1S/C42H26N6O/c1-2-12-31-30(11-1)38-39(34-15-5-9-23-45-34)41(35-16-6-10-24-46-35)49-42(38)40(48-31)28-19-17-27(18-20-28)29-25-36(32-13-3-7-21-43-32)47-37(26-29)33-14-4-8-22-44-33/h1-26H. The third kappa shape index (κ3) is 5.20. The molecule has 0 bridgehead atoms. The molecule has 0 aliphatic heterocycles. The third-order valence-electron chi connectivity index (χ3n) is 8.52. The fraction of sp³-hybridized carbons (Fsp3) is 0. The highest BCUT2D eigenvalue weighted by Gasteiger charge is 2.25. The first-order valence-corrected chi connectivity index (χ1v) is 15.9. The molecule has 49 heavy (non-hydrogen) atoms. The molecule has 0 atom stereocenters. The average Bonchev–Trinajstić information content (AvgIpc) is 3.60. The molecule has 0 saturated heterocycles. The van der Waals surface area contributed by atoms with Gasteiger partial charge in [0.2, 0.25) is 0 Å². The molecule has 230 valence electrons. The Morgan fingerprint density at radius 3 is 1.53 bits per heavy atom. The number of furan rings is 1. The Morgan fingerprint density at radius 1 is 0.408 bits per heavy atom. The predicted molar refractivity (Wildman–Crippen MR) is 193 cm³/mol. The molecular weight excluding hydrogens is 605 g/mol. The number of hydrogen-bond acceptors (Lipinski definition) is 7. The minimum Gasteiger partial charge on any atom is -0.451 e. The maximum Gasteiger partial charge on any atom is 0.163 e. The van der Waals surface area contributed by atoms with Crippen molar-refractivity contribution in [3.05, 3.63) is 158 Å². The molecule has 0 amide bonds. The van der Waals surface area contributed by atoms with Crippen molar-refractivity contribution in [3.8, 4) is 67.9 Å². The number of benzene rings is 2. The smallest absolute Gasteiger partial charge is 0.163 e. The molecule has 0 N–H and O–H groups in total. The van der Waals surface area contributed by atoms with E-state index in [4.69, 9.17) is 19.4 Å². The molecule has 7 heteroatoms. The van der Waals surface area contributed by atoms with Crippen molar-refractivity contribution in [3.63, 3.8) is 0 Å². The molecule has 7 heterocycles. The summed E-state index contributed by atoms with van der Waals surface area (Å²) in [6.07, 6.45) is 7.14. The van der Waals surface area contributed by atoms with Gasteiger partial charge in [-0.1, -0.05) is 66.7 Å². The molecule has 9 aromatic rings. The van der Waals surface area contributed by atoms with Gasteiger partial charge >= 0.3 is 0 Å². The third-order valence-corrected chi connectivity index (χ3v) is 8.52. The van der Waals surface area contributed by atoms with E-state index in [9.17, 15) is 0 Å². The first-order chi connectivity index (χ1) is 24.3. The number of pyridine rings is 6. The number of aromatic nitrogens is 6. The quantitative estimate of drug-likeness (QED) is 0.181. The Hall–Kier alpha value is -6.86. The lowest BCUT2D eigenvalue weighted by molar-refractivity contribution is 0.629. The number of para-hydroxylation sites is 1. The van der Waals surface area contributed by atoms with Crippen molar-refractivity contribution in [2.45, 2.75) is 0 Å². The lowest BCUT2D eigenvalue weighted by Gasteiger charge is -2.11. The summed E-state index contributed by atoms with van der Waals surface area (Å²) in [4.78, 5) is 28.6. The zero-order chi connectivity index (χ0) is 32.6. The van der Waals surface area contributed by atoms with E-state index >= 15 is 0 Å². The SMILES string of the molecule is c1ccc(-c2cc(-c3ccc(-c4nc5ccccc5c5c(-c6ccccn6)c(-c6ccccn6)oc45)cc3)cc(-c3ccccn3)n2)nc1. The molecular formula is C42H26N6O. The van der Waals surface area contributed by atoms with Crippen molar-refractivity contribution in [1.82, 2.24) is 29.9 Å². The van der Waals surface area contributed by atoms with Crippen LogP contribution in [0.4, 0.5) is 0 Å². The van der Waals surface area contributed by atoms with E-state index in [1.807, 2.05) is 91.0 Å². The van der Waals surface area contributed by atoms with Crippen LogP contribution < -0.4 is 0 Å². The maximum atomic E-state index is 6.79. The summed E-state index contributed by atoms with van der Waals surface area (Å²) in [5, 5.41) is 1.95. The highest BCUT2D eigenvalue weighted by molar-refractivity contribution is 6.17. The molecule has 0 aliphatic rings. The van der Waals surface area contributed by atoms with Gasteiger partial charge in [0.1, 0.15) is 11.4 Å². The Labute approximate surface area is 281 Å². The largest absolute Gasteiger partial charge is 0.451 e. The number of rotatable bonds is 6. The molecule has 0 spiro atoms. The van der Waals surface area contributed by atoms with E-state index in [1.54, 1.807) is 24.8 Å². The van der Waals surface area contributed by atoms with Crippen LogP contribution in [-0.4, -0.2) is 29.9 Å². The predicted octanol–water partition coefficient (Wildman–Crippen LogP) is 9.96. The van der Waals surface area contributed by atoms with Crippen LogP contribution >= 0.6 is 0 Å². The molecule has 0 saturated carbocycles. The lowest BCUT2D eigenvalue weighted by atomic mass is 9.97. The molecule has 0 unspecified atom stereocenters. The summed E-state index contributed by atoms with van der Waals surface area (Å²) in [5.41, 5.74) is 10.9. The topological polar surface area (TPSA) is 90.5 Å². The molecule has 9 rings (SSSR count). The number of hydrogen-bond donors (Lipinski definition) is 0. The second-order valence-electron chi connectivity index (χ2n) is 11.6. The molecule has 7 aromatic heterocycles. The lowest BCUT2D eigenvalue weighted by Crippen LogP contribution is -1.94. The molecule has 0 radical (unpaired) electrons. The van der Waals surface area contributed by atoms with Crippen molar-refractivity contribution in [1.29, 1.82) is 0 Å². The Bertz CT molecular complexity index is 2510. The van der Waals surface area contributed by atoms with Crippen LogP contribution in [-0.2, 0) is 0 Å². The first kappa shape index (κ1) is 28.4. The van der Waals surface area contributed by atoms with Gasteiger partial charge in [0.15, 0.2) is 11.3 Å². The van der Waals surface area contributed by atoms with Crippen LogP contribution in [0.5, 0.6) is 0 Å². The molecule has 2 aromatic carbocycles. The average molecular weight is 631 g/mol. The van der Waals surface area contributed by atoms with Crippen molar-refractivity contribution < 1.29 is 4.42 Å². The van der Waals surface area contributed by atoms with Gasteiger partial charge in [-0.25, -0.2) is 9.97 Å². The van der Waals surface area contributed by atoms with Gasteiger partial charge < -0.3 is 4.42 Å².